The van der Waals surface area contributed by atoms with Crippen LogP contribution in [0.2, 0.25) is 0 Å². The molecule has 0 saturated carbocycles. The third-order valence-corrected chi connectivity index (χ3v) is 3.00. The first-order valence-corrected chi connectivity index (χ1v) is 6.12. The summed E-state index contributed by atoms with van der Waals surface area (Å²) < 4.78 is 44.5. The van der Waals surface area contributed by atoms with Crippen molar-refractivity contribution in [1.29, 1.82) is 0 Å². The van der Waals surface area contributed by atoms with Gasteiger partial charge in [0.1, 0.15) is 5.75 Å². The van der Waals surface area contributed by atoms with Gasteiger partial charge in [0.2, 0.25) is 0 Å². The van der Waals surface area contributed by atoms with Crippen LogP contribution >= 0.6 is 15.9 Å². The second-order valence-electron chi connectivity index (χ2n) is 3.85. The summed E-state index contributed by atoms with van der Waals surface area (Å²) in [5.74, 6) is 0.604. The molecule has 0 amide bonds. The maximum Gasteiger partial charge on any atom is 0.435 e. The lowest BCUT2D eigenvalue weighted by atomic mass is 10.2. The molecule has 1 heterocycles. The van der Waals surface area contributed by atoms with Crippen molar-refractivity contribution in [1.82, 2.24) is 9.78 Å². The van der Waals surface area contributed by atoms with Gasteiger partial charge in [-0.1, -0.05) is 15.9 Å². The normalized spacial score (nSPS) is 11.6. The molecule has 2 rings (SSSR count). The van der Waals surface area contributed by atoms with Crippen LogP contribution in [0.25, 0.3) is 0 Å². The summed E-state index contributed by atoms with van der Waals surface area (Å²) in [6.07, 6.45) is -3.13. The van der Waals surface area contributed by atoms with Crippen LogP contribution in [-0.2, 0) is 12.7 Å². The van der Waals surface area contributed by atoms with Gasteiger partial charge in [0, 0.05) is 16.2 Å². The van der Waals surface area contributed by atoms with Gasteiger partial charge in [-0.3, -0.25) is 4.68 Å². The molecule has 0 aliphatic carbocycles. The van der Waals surface area contributed by atoms with Gasteiger partial charge in [-0.15, -0.1) is 0 Å². The zero-order valence-corrected chi connectivity index (χ0v) is 11.5. The van der Waals surface area contributed by atoms with E-state index in [4.69, 9.17) is 4.74 Å². The molecule has 0 spiro atoms. The Kier molecular flexibility index (Phi) is 3.84. The highest BCUT2D eigenvalue weighted by atomic mass is 79.9. The molecule has 0 N–H and O–H groups in total. The molecule has 0 radical (unpaired) electrons. The number of alkyl halides is 3. The summed E-state index contributed by atoms with van der Waals surface area (Å²) in [6.45, 7) is 0.207. The predicted octanol–water partition coefficient (Wildman–Crippen LogP) is 3.72. The Hall–Kier alpha value is -1.50. The van der Waals surface area contributed by atoms with E-state index >= 15 is 0 Å². The number of aromatic nitrogens is 2. The lowest BCUT2D eigenvalue weighted by molar-refractivity contribution is -0.141. The number of hydrogen-bond donors (Lipinski definition) is 0. The summed E-state index contributed by atoms with van der Waals surface area (Å²) in [5.41, 5.74) is -0.157. The van der Waals surface area contributed by atoms with Crippen molar-refractivity contribution in [2.24, 2.45) is 0 Å². The number of methoxy groups -OCH3 is 1. The fourth-order valence-corrected chi connectivity index (χ4v) is 2.05. The van der Waals surface area contributed by atoms with Gasteiger partial charge in [0.05, 0.1) is 13.7 Å². The van der Waals surface area contributed by atoms with Gasteiger partial charge in [-0.2, -0.15) is 18.3 Å². The van der Waals surface area contributed by atoms with E-state index in [2.05, 4.69) is 21.0 Å². The van der Waals surface area contributed by atoms with Gasteiger partial charge in [-0.25, -0.2) is 0 Å². The molecule has 1 aromatic heterocycles. The summed E-state index contributed by atoms with van der Waals surface area (Å²) in [4.78, 5) is 0. The zero-order chi connectivity index (χ0) is 14.0. The van der Waals surface area contributed by atoms with Crippen molar-refractivity contribution in [2.75, 3.05) is 7.11 Å². The van der Waals surface area contributed by atoms with E-state index in [-0.39, 0.29) is 6.54 Å². The van der Waals surface area contributed by atoms with Crippen LogP contribution in [0.5, 0.6) is 5.75 Å². The molecule has 2 aromatic rings. The van der Waals surface area contributed by atoms with E-state index < -0.39 is 11.9 Å². The molecule has 102 valence electrons. The predicted molar refractivity (Wildman–Crippen MR) is 67.0 cm³/mol. The number of ether oxygens (including phenoxy) is 1. The quantitative estimate of drug-likeness (QED) is 0.855. The molecular formula is C12H10BrF3N2O. The van der Waals surface area contributed by atoms with E-state index in [0.29, 0.717) is 5.75 Å². The first-order valence-electron chi connectivity index (χ1n) is 5.33. The van der Waals surface area contributed by atoms with Crippen molar-refractivity contribution in [3.63, 3.8) is 0 Å². The van der Waals surface area contributed by atoms with Gasteiger partial charge in [-0.05, 0) is 24.3 Å². The molecule has 3 nitrogen and oxygen atoms in total. The lowest BCUT2D eigenvalue weighted by Crippen LogP contribution is -2.09. The number of halogens is 4. The minimum atomic E-state index is -4.42. The largest absolute Gasteiger partial charge is 0.496 e. The highest BCUT2D eigenvalue weighted by molar-refractivity contribution is 9.10. The van der Waals surface area contributed by atoms with Crippen LogP contribution in [-0.4, -0.2) is 16.9 Å². The molecule has 0 atom stereocenters. The first kappa shape index (κ1) is 13.9. The fourth-order valence-electron chi connectivity index (χ4n) is 1.65. The third kappa shape index (κ3) is 3.28. The molecule has 0 unspecified atom stereocenters. The minimum absolute atomic E-state index is 0.207. The number of benzene rings is 1. The molecule has 0 aliphatic rings. The molecule has 19 heavy (non-hydrogen) atoms. The summed E-state index contributed by atoms with van der Waals surface area (Å²) in [5, 5.41) is 3.50. The number of rotatable bonds is 3. The molecule has 0 fully saturated rings. The standard InChI is InChI=1S/C12H10BrF3N2O/c1-19-10-3-2-9(13)6-8(10)7-18-5-4-11(17-18)12(14,15)16/h2-6H,7H2,1H3. The molecule has 1 aromatic carbocycles. The second kappa shape index (κ2) is 5.24. The van der Waals surface area contributed by atoms with Crippen LogP contribution in [0.15, 0.2) is 34.9 Å². The van der Waals surface area contributed by atoms with Gasteiger partial charge in [0.25, 0.3) is 0 Å². The van der Waals surface area contributed by atoms with Crippen LogP contribution in [0.1, 0.15) is 11.3 Å². The van der Waals surface area contributed by atoms with Crippen LogP contribution in [0, 0.1) is 0 Å². The van der Waals surface area contributed by atoms with E-state index in [1.165, 1.54) is 18.0 Å². The summed E-state index contributed by atoms with van der Waals surface area (Å²) >= 11 is 3.31. The fraction of sp³-hybridized carbons (Fsp3) is 0.250. The van der Waals surface area contributed by atoms with Gasteiger partial charge < -0.3 is 4.74 Å². The van der Waals surface area contributed by atoms with Crippen molar-refractivity contribution in [3.8, 4) is 5.75 Å². The Morgan fingerprint density at radius 1 is 1.32 bits per heavy atom. The number of nitrogens with zero attached hydrogens (tertiary/aromatic N) is 2. The van der Waals surface area contributed by atoms with E-state index in [0.717, 1.165) is 16.1 Å². The SMILES string of the molecule is COc1ccc(Br)cc1Cn1ccc(C(F)(F)F)n1. The highest BCUT2D eigenvalue weighted by Crippen LogP contribution is 2.28. The van der Waals surface area contributed by atoms with E-state index in [9.17, 15) is 13.2 Å². The minimum Gasteiger partial charge on any atom is -0.496 e. The van der Waals surface area contributed by atoms with Crippen molar-refractivity contribution < 1.29 is 17.9 Å². The van der Waals surface area contributed by atoms with Crippen LogP contribution in [0.4, 0.5) is 13.2 Å². The Morgan fingerprint density at radius 2 is 2.05 bits per heavy atom. The monoisotopic (exact) mass is 334 g/mol. The number of hydrogen-bond acceptors (Lipinski definition) is 2. The molecule has 0 aliphatic heterocycles. The summed E-state index contributed by atoms with van der Waals surface area (Å²) in [6, 6.07) is 6.28. The maximum atomic E-state index is 12.4. The van der Waals surface area contributed by atoms with E-state index in [1.807, 2.05) is 0 Å². The van der Waals surface area contributed by atoms with Gasteiger partial charge in [0.15, 0.2) is 5.69 Å². The molecule has 0 saturated heterocycles. The van der Waals surface area contributed by atoms with Crippen molar-refractivity contribution in [3.05, 3.63) is 46.2 Å². The van der Waals surface area contributed by atoms with Crippen LogP contribution in [0.3, 0.4) is 0 Å². The zero-order valence-electron chi connectivity index (χ0n) is 9.91. The second-order valence-corrected chi connectivity index (χ2v) is 4.77. The van der Waals surface area contributed by atoms with Crippen LogP contribution < -0.4 is 4.74 Å². The highest BCUT2D eigenvalue weighted by Gasteiger charge is 2.33. The Labute approximate surface area is 116 Å². The van der Waals surface area contributed by atoms with Crippen molar-refractivity contribution in [2.45, 2.75) is 12.7 Å². The topological polar surface area (TPSA) is 27.1 Å². The smallest absolute Gasteiger partial charge is 0.435 e. The Balaban J connectivity index is 2.26. The maximum absolute atomic E-state index is 12.4. The van der Waals surface area contributed by atoms with Crippen molar-refractivity contribution >= 4 is 15.9 Å². The average molecular weight is 335 g/mol. The third-order valence-electron chi connectivity index (χ3n) is 2.51. The molecular weight excluding hydrogens is 325 g/mol. The van der Waals surface area contributed by atoms with Gasteiger partial charge >= 0.3 is 6.18 Å². The molecule has 0 bridgehead atoms. The average Bonchev–Trinajstić information content (AvgIpc) is 2.77. The summed E-state index contributed by atoms with van der Waals surface area (Å²) in [7, 11) is 1.51. The lowest BCUT2D eigenvalue weighted by Gasteiger charge is -2.09. The van der Waals surface area contributed by atoms with E-state index in [1.54, 1.807) is 18.2 Å². The Morgan fingerprint density at radius 3 is 2.63 bits per heavy atom. The molecule has 7 heteroatoms. The first-order chi connectivity index (χ1) is 8.90. The Bertz CT molecular complexity index is 581.